The zero-order valence-corrected chi connectivity index (χ0v) is 17.2. The highest BCUT2D eigenvalue weighted by Crippen LogP contribution is 2.18. The van der Waals surface area contributed by atoms with Crippen LogP contribution < -0.4 is 5.32 Å². The standard InChI is InChI=1S/C24H28N4O2/c29-23(27-15-8-1-2-9-16-27)14-17-28-21-13-7-6-12-20(21)26-22(28)18-25-24(30)19-10-4-3-5-11-19/h3-7,10-13H,1-2,8-9,14-18H2,(H,25,30). The molecule has 0 saturated carbocycles. The van der Waals surface area contributed by atoms with Crippen molar-refractivity contribution in [3.05, 3.63) is 66.0 Å². The van der Waals surface area contributed by atoms with Crippen LogP contribution in [-0.4, -0.2) is 39.4 Å². The summed E-state index contributed by atoms with van der Waals surface area (Å²) in [6.07, 6.45) is 5.05. The van der Waals surface area contributed by atoms with Crippen LogP contribution in [0.4, 0.5) is 0 Å². The molecule has 1 saturated heterocycles. The normalized spacial score (nSPS) is 14.5. The summed E-state index contributed by atoms with van der Waals surface area (Å²) in [5.41, 5.74) is 2.49. The number of amides is 2. The van der Waals surface area contributed by atoms with Gasteiger partial charge in [0.15, 0.2) is 0 Å². The molecule has 2 heterocycles. The number of aryl methyl sites for hydroxylation is 1. The molecule has 6 heteroatoms. The predicted octanol–water partition coefficient (Wildman–Crippen LogP) is 3.76. The van der Waals surface area contributed by atoms with E-state index in [4.69, 9.17) is 4.98 Å². The first-order valence-electron chi connectivity index (χ1n) is 10.8. The van der Waals surface area contributed by atoms with Crippen LogP contribution in [0.1, 0.15) is 48.3 Å². The third-order valence-corrected chi connectivity index (χ3v) is 5.68. The van der Waals surface area contributed by atoms with Crippen LogP contribution >= 0.6 is 0 Å². The first-order chi connectivity index (χ1) is 14.7. The molecule has 0 bridgehead atoms. The van der Waals surface area contributed by atoms with Crippen LogP contribution in [0.5, 0.6) is 0 Å². The van der Waals surface area contributed by atoms with Gasteiger partial charge in [0.1, 0.15) is 5.82 Å². The van der Waals surface area contributed by atoms with Crippen LogP contribution in [0.15, 0.2) is 54.6 Å². The quantitative estimate of drug-likeness (QED) is 0.680. The molecule has 30 heavy (non-hydrogen) atoms. The van der Waals surface area contributed by atoms with E-state index < -0.39 is 0 Å². The summed E-state index contributed by atoms with van der Waals surface area (Å²) in [5, 5.41) is 2.96. The van der Waals surface area contributed by atoms with E-state index in [1.165, 1.54) is 12.8 Å². The van der Waals surface area contributed by atoms with E-state index in [1.54, 1.807) is 12.1 Å². The van der Waals surface area contributed by atoms with Crippen molar-refractivity contribution in [2.45, 2.75) is 45.2 Å². The maximum Gasteiger partial charge on any atom is 0.251 e. The Labute approximate surface area is 176 Å². The number of imidazole rings is 1. The number of carbonyl (C=O) groups excluding carboxylic acids is 2. The van der Waals surface area contributed by atoms with Crippen molar-refractivity contribution >= 4 is 22.8 Å². The fraction of sp³-hybridized carbons (Fsp3) is 0.375. The van der Waals surface area contributed by atoms with Crippen molar-refractivity contribution in [1.82, 2.24) is 19.8 Å². The molecule has 1 aliphatic rings. The lowest BCUT2D eigenvalue weighted by Gasteiger charge is -2.20. The third kappa shape index (κ3) is 4.70. The van der Waals surface area contributed by atoms with Gasteiger partial charge in [-0.2, -0.15) is 0 Å². The second-order valence-electron chi connectivity index (χ2n) is 7.76. The van der Waals surface area contributed by atoms with Gasteiger partial charge < -0.3 is 14.8 Å². The number of aromatic nitrogens is 2. The summed E-state index contributed by atoms with van der Waals surface area (Å²) < 4.78 is 2.07. The minimum Gasteiger partial charge on any atom is -0.345 e. The van der Waals surface area contributed by atoms with Crippen molar-refractivity contribution < 1.29 is 9.59 Å². The van der Waals surface area contributed by atoms with Crippen molar-refractivity contribution in [1.29, 1.82) is 0 Å². The van der Waals surface area contributed by atoms with E-state index in [-0.39, 0.29) is 11.8 Å². The molecular weight excluding hydrogens is 376 g/mol. The van der Waals surface area contributed by atoms with Gasteiger partial charge in [0.25, 0.3) is 5.91 Å². The first kappa shape index (κ1) is 20.1. The van der Waals surface area contributed by atoms with Gasteiger partial charge >= 0.3 is 0 Å². The summed E-state index contributed by atoms with van der Waals surface area (Å²) in [5.74, 6) is 0.841. The molecule has 0 unspecified atom stereocenters. The summed E-state index contributed by atoms with van der Waals surface area (Å²) in [4.78, 5) is 31.9. The predicted molar refractivity (Wildman–Crippen MR) is 117 cm³/mol. The summed E-state index contributed by atoms with van der Waals surface area (Å²) >= 11 is 0. The second-order valence-corrected chi connectivity index (χ2v) is 7.76. The Kier molecular flexibility index (Phi) is 6.42. The van der Waals surface area contributed by atoms with E-state index in [0.717, 1.165) is 42.8 Å². The van der Waals surface area contributed by atoms with Crippen molar-refractivity contribution in [3.63, 3.8) is 0 Å². The lowest BCUT2D eigenvalue weighted by molar-refractivity contribution is -0.131. The van der Waals surface area contributed by atoms with Crippen LogP contribution in [0, 0.1) is 0 Å². The Morgan fingerprint density at radius 1 is 0.900 bits per heavy atom. The van der Waals surface area contributed by atoms with Gasteiger partial charge in [-0.15, -0.1) is 0 Å². The average Bonchev–Trinajstić information content (AvgIpc) is 2.93. The van der Waals surface area contributed by atoms with E-state index in [2.05, 4.69) is 9.88 Å². The van der Waals surface area contributed by atoms with Gasteiger partial charge in [-0.05, 0) is 37.1 Å². The van der Waals surface area contributed by atoms with Crippen LogP contribution in [-0.2, 0) is 17.9 Å². The highest BCUT2D eigenvalue weighted by atomic mass is 16.2. The molecule has 1 aromatic heterocycles. The van der Waals surface area contributed by atoms with E-state index in [0.29, 0.717) is 25.1 Å². The largest absolute Gasteiger partial charge is 0.345 e. The molecule has 2 amide bonds. The Morgan fingerprint density at radius 2 is 1.60 bits per heavy atom. The first-order valence-corrected chi connectivity index (χ1v) is 10.8. The molecule has 6 nitrogen and oxygen atoms in total. The molecule has 1 aliphatic heterocycles. The van der Waals surface area contributed by atoms with E-state index in [9.17, 15) is 9.59 Å². The molecule has 1 fully saturated rings. The topological polar surface area (TPSA) is 67.2 Å². The maximum absolute atomic E-state index is 12.8. The van der Waals surface area contributed by atoms with Crippen molar-refractivity contribution in [2.24, 2.45) is 0 Å². The summed E-state index contributed by atoms with van der Waals surface area (Å²) in [6.45, 7) is 2.61. The number of nitrogens with one attached hydrogen (secondary N) is 1. The van der Waals surface area contributed by atoms with Crippen molar-refractivity contribution in [3.8, 4) is 0 Å². The zero-order valence-electron chi connectivity index (χ0n) is 17.2. The van der Waals surface area contributed by atoms with Gasteiger partial charge in [0.2, 0.25) is 5.91 Å². The van der Waals surface area contributed by atoms with E-state index >= 15 is 0 Å². The van der Waals surface area contributed by atoms with Crippen LogP contribution in [0.2, 0.25) is 0 Å². The minimum absolute atomic E-state index is 0.130. The summed E-state index contributed by atoms with van der Waals surface area (Å²) in [6, 6.07) is 17.1. The molecule has 0 radical (unpaired) electrons. The number of hydrogen-bond acceptors (Lipinski definition) is 3. The third-order valence-electron chi connectivity index (χ3n) is 5.68. The maximum atomic E-state index is 12.8. The fourth-order valence-corrected chi connectivity index (χ4v) is 4.05. The lowest BCUT2D eigenvalue weighted by Crippen LogP contribution is -2.32. The van der Waals surface area contributed by atoms with E-state index in [1.807, 2.05) is 47.4 Å². The van der Waals surface area contributed by atoms with Gasteiger partial charge in [-0.25, -0.2) is 4.98 Å². The number of para-hydroxylation sites is 2. The molecule has 2 aromatic carbocycles. The van der Waals surface area contributed by atoms with Crippen molar-refractivity contribution in [2.75, 3.05) is 13.1 Å². The molecule has 4 rings (SSSR count). The van der Waals surface area contributed by atoms with Crippen LogP contribution in [0.25, 0.3) is 11.0 Å². The number of nitrogens with zero attached hydrogens (tertiary/aromatic N) is 3. The monoisotopic (exact) mass is 404 g/mol. The highest BCUT2D eigenvalue weighted by Gasteiger charge is 2.17. The molecule has 0 atom stereocenters. The smallest absolute Gasteiger partial charge is 0.251 e. The lowest BCUT2D eigenvalue weighted by atomic mass is 10.2. The fourth-order valence-electron chi connectivity index (χ4n) is 4.05. The number of benzene rings is 2. The summed E-state index contributed by atoms with van der Waals surface area (Å²) in [7, 11) is 0. The number of hydrogen-bond donors (Lipinski definition) is 1. The second kappa shape index (κ2) is 9.57. The number of rotatable bonds is 6. The number of likely N-dealkylation sites (tertiary alicyclic amines) is 1. The zero-order chi connectivity index (χ0) is 20.8. The molecular formula is C24H28N4O2. The van der Waals surface area contributed by atoms with Crippen LogP contribution in [0.3, 0.4) is 0 Å². The number of fused-ring (bicyclic) bond motifs is 1. The SMILES string of the molecule is O=C(NCc1nc2ccccc2n1CCC(=O)N1CCCCCC1)c1ccccc1. The average molecular weight is 405 g/mol. The molecule has 156 valence electrons. The Morgan fingerprint density at radius 3 is 2.37 bits per heavy atom. The Hall–Kier alpha value is -3.15. The highest BCUT2D eigenvalue weighted by molar-refractivity contribution is 5.94. The molecule has 1 N–H and O–H groups in total. The van der Waals surface area contributed by atoms with Gasteiger partial charge in [0.05, 0.1) is 17.6 Å². The molecule has 0 aliphatic carbocycles. The Balaban J connectivity index is 1.47. The Bertz CT molecular complexity index is 1000. The van der Waals surface area contributed by atoms with Gasteiger partial charge in [-0.3, -0.25) is 9.59 Å². The number of carbonyl (C=O) groups is 2. The molecule has 0 spiro atoms. The van der Waals surface area contributed by atoms with Gasteiger partial charge in [0, 0.05) is 31.6 Å². The molecule has 3 aromatic rings. The minimum atomic E-state index is -0.130. The van der Waals surface area contributed by atoms with Gasteiger partial charge in [-0.1, -0.05) is 43.2 Å².